The molecule has 2 fully saturated rings. The van der Waals surface area contributed by atoms with Crippen LogP contribution in [0.4, 0.5) is 4.39 Å². The largest absolute Gasteiger partial charge is 0.375 e. The van der Waals surface area contributed by atoms with Crippen molar-refractivity contribution in [2.75, 3.05) is 19.7 Å². The number of hydrogen-bond acceptors (Lipinski definition) is 3. The zero-order valence-corrected chi connectivity index (χ0v) is 15.6. The average Bonchev–Trinajstić information content (AvgIpc) is 3.17. The lowest BCUT2D eigenvalue weighted by atomic mass is 9.77. The van der Waals surface area contributed by atoms with E-state index < -0.39 is 0 Å². The van der Waals surface area contributed by atoms with Crippen molar-refractivity contribution < 1.29 is 13.9 Å². The number of nitrogens with zero attached hydrogens (tertiary/aromatic N) is 1. The van der Waals surface area contributed by atoms with Crippen LogP contribution in [-0.2, 0) is 11.2 Å². The van der Waals surface area contributed by atoms with Crippen LogP contribution in [-0.4, -0.2) is 36.1 Å². The highest BCUT2D eigenvalue weighted by Gasteiger charge is 2.41. The summed E-state index contributed by atoms with van der Waals surface area (Å²) >= 11 is 1.50. The normalized spacial score (nSPS) is 22.5. The Morgan fingerprint density at radius 2 is 2.12 bits per heavy atom. The van der Waals surface area contributed by atoms with Crippen LogP contribution in [0.2, 0.25) is 0 Å². The topological polar surface area (TPSA) is 29.5 Å². The summed E-state index contributed by atoms with van der Waals surface area (Å²) in [5.41, 5.74) is 0.958. The molecule has 2 aromatic rings. The van der Waals surface area contributed by atoms with Crippen molar-refractivity contribution >= 4 is 17.2 Å². The first-order valence-corrected chi connectivity index (χ1v) is 10.2. The molecule has 3 heterocycles. The number of carbonyl (C=O) groups excluding carboxylic acids is 1. The number of thiophene rings is 1. The van der Waals surface area contributed by atoms with Crippen molar-refractivity contribution in [3.05, 3.63) is 58.0 Å². The molecule has 1 unspecified atom stereocenters. The Balaban J connectivity index is 1.36. The third-order valence-electron chi connectivity index (χ3n) is 5.70. The third-order valence-corrected chi connectivity index (χ3v) is 6.56. The van der Waals surface area contributed by atoms with E-state index in [0.29, 0.717) is 5.92 Å². The molecule has 1 spiro atoms. The molecule has 0 aliphatic carbocycles. The summed E-state index contributed by atoms with van der Waals surface area (Å²) in [6.45, 7) is 2.27. The standard InChI is InChI=1S/C21H24FNO2S/c22-18-4-1-3-16(14-18)13-17-6-11-25-21(15-17)7-9-23(10-8-21)20(24)19-5-2-12-26-19/h1-5,12,14,17H,6-11,13,15H2. The van der Waals surface area contributed by atoms with Crippen LogP contribution in [0.5, 0.6) is 0 Å². The lowest BCUT2D eigenvalue weighted by molar-refractivity contribution is -0.123. The zero-order chi connectivity index (χ0) is 18.0. The molecule has 2 aliphatic rings. The molecular formula is C21H24FNO2S. The lowest BCUT2D eigenvalue weighted by Crippen LogP contribution is -2.50. The molecule has 0 N–H and O–H groups in total. The van der Waals surface area contributed by atoms with Crippen molar-refractivity contribution in [2.45, 2.75) is 37.7 Å². The molecule has 1 atom stereocenters. The van der Waals surface area contributed by atoms with Gasteiger partial charge in [-0.3, -0.25) is 4.79 Å². The van der Waals surface area contributed by atoms with Gasteiger partial charge < -0.3 is 9.64 Å². The summed E-state index contributed by atoms with van der Waals surface area (Å²) in [6.07, 6.45) is 4.72. The van der Waals surface area contributed by atoms with Crippen molar-refractivity contribution in [1.29, 1.82) is 0 Å². The van der Waals surface area contributed by atoms with Crippen LogP contribution < -0.4 is 0 Å². The van der Waals surface area contributed by atoms with Gasteiger partial charge in [-0.05, 0) is 67.2 Å². The molecule has 1 aromatic heterocycles. The van der Waals surface area contributed by atoms with E-state index in [1.54, 1.807) is 12.1 Å². The van der Waals surface area contributed by atoms with Crippen LogP contribution in [0, 0.1) is 11.7 Å². The Hall–Kier alpha value is -1.72. The van der Waals surface area contributed by atoms with Crippen molar-refractivity contribution in [2.24, 2.45) is 5.92 Å². The Morgan fingerprint density at radius 1 is 1.27 bits per heavy atom. The minimum atomic E-state index is -0.162. The summed E-state index contributed by atoms with van der Waals surface area (Å²) in [5.74, 6) is 0.497. The Labute approximate surface area is 157 Å². The first-order valence-electron chi connectivity index (χ1n) is 9.35. The maximum atomic E-state index is 13.4. The summed E-state index contributed by atoms with van der Waals surface area (Å²) in [4.78, 5) is 15.3. The van der Waals surface area contributed by atoms with Gasteiger partial charge in [0, 0.05) is 19.7 Å². The monoisotopic (exact) mass is 373 g/mol. The summed E-state index contributed by atoms with van der Waals surface area (Å²) in [5, 5.41) is 1.94. The van der Waals surface area contributed by atoms with Gasteiger partial charge >= 0.3 is 0 Å². The lowest BCUT2D eigenvalue weighted by Gasteiger charge is -2.46. The molecule has 0 bridgehead atoms. The number of likely N-dealkylation sites (tertiary alicyclic amines) is 1. The molecule has 0 radical (unpaired) electrons. The number of rotatable bonds is 3. The fourth-order valence-corrected chi connectivity index (χ4v) is 5.01. The Kier molecular flexibility index (Phi) is 5.09. The van der Waals surface area contributed by atoms with E-state index in [0.717, 1.165) is 62.2 Å². The van der Waals surface area contributed by atoms with E-state index in [4.69, 9.17) is 4.74 Å². The number of halogens is 1. The molecule has 3 nitrogen and oxygen atoms in total. The molecule has 2 saturated heterocycles. The number of ether oxygens (including phenoxy) is 1. The molecule has 4 rings (SSSR count). The van der Waals surface area contributed by atoms with Crippen LogP contribution in [0.25, 0.3) is 0 Å². The smallest absolute Gasteiger partial charge is 0.263 e. The number of hydrogen-bond donors (Lipinski definition) is 0. The minimum absolute atomic E-state index is 0.109. The highest BCUT2D eigenvalue weighted by Crippen LogP contribution is 2.39. The van der Waals surface area contributed by atoms with Crippen LogP contribution in [0.1, 0.15) is 40.9 Å². The second-order valence-corrected chi connectivity index (χ2v) is 8.44. The second kappa shape index (κ2) is 7.49. The summed E-state index contributed by atoms with van der Waals surface area (Å²) in [7, 11) is 0. The van der Waals surface area contributed by atoms with E-state index in [2.05, 4.69) is 0 Å². The Bertz CT molecular complexity index is 753. The molecule has 1 amide bonds. The molecule has 5 heteroatoms. The van der Waals surface area contributed by atoms with Gasteiger partial charge in [-0.25, -0.2) is 4.39 Å². The number of benzene rings is 1. The Morgan fingerprint density at radius 3 is 2.85 bits per heavy atom. The number of carbonyl (C=O) groups is 1. The quantitative estimate of drug-likeness (QED) is 0.791. The zero-order valence-electron chi connectivity index (χ0n) is 14.8. The maximum absolute atomic E-state index is 13.4. The van der Waals surface area contributed by atoms with Gasteiger partial charge in [0.15, 0.2) is 0 Å². The first-order chi connectivity index (χ1) is 12.6. The van der Waals surface area contributed by atoms with Crippen molar-refractivity contribution in [3.63, 3.8) is 0 Å². The fourth-order valence-electron chi connectivity index (χ4n) is 4.32. The van der Waals surface area contributed by atoms with Crippen LogP contribution in [0.15, 0.2) is 41.8 Å². The van der Waals surface area contributed by atoms with E-state index in [-0.39, 0.29) is 17.3 Å². The molecule has 1 aromatic carbocycles. The molecule has 138 valence electrons. The van der Waals surface area contributed by atoms with Crippen LogP contribution in [0.3, 0.4) is 0 Å². The van der Waals surface area contributed by atoms with Crippen LogP contribution >= 0.6 is 11.3 Å². The number of piperidine rings is 1. The molecular weight excluding hydrogens is 349 g/mol. The fraction of sp³-hybridized carbons (Fsp3) is 0.476. The van der Waals surface area contributed by atoms with Crippen molar-refractivity contribution in [3.8, 4) is 0 Å². The van der Waals surface area contributed by atoms with E-state index in [1.807, 2.05) is 28.5 Å². The van der Waals surface area contributed by atoms with Gasteiger partial charge in [0.2, 0.25) is 0 Å². The molecule has 2 aliphatic heterocycles. The van der Waals surface area contributed by atoms with E-state index in [1.165, 1.54) is 17.4 Å². The van der Waals surface area contributed by atoms with Gasteiger partial charge in [-0.15, -0.1) is 11.3 Å². The van der Waals surface area contributed by atoms with Gasteiger partial charge in [-0.2, -0.15) is 0 Å². The summed E-state index contributed by atoms with van der Waals surface area (Å²) < 4.78 is 19.7. The molecule has 26 heavy (non-hydrogen) atoms. The predicted octanol–water partition coefficient (Wildman–Crippen LogP) is 4.53. The SMILES string of the molecule is O=C(c1cccs1)N1CCC2(CC1)CC(Cc1cccc(F)c1)CCO2. The van der Waals surface area contributed by atoms with E-state index in [9.17, 15) is 9.18 Å². The van der Waals surface area contributed by atoms with Gasteiger partial charge in [0.25, 0.3) is 5.91 Å². The first kappa shape index (κ1) is 17.7. The third kappa shape index (κ3) is 3.84. The number of amides is 1. The highest BCUT2D eigenvalue weighted by molar-refractivity contribution is 7.12. The van der Waals surface area contributed by atoms with Gasteiger partial charge in [0.05, 0.1) is 10.5 Å². The maximum Gasteiger partial charge on any atom is 0.263 e. The minimum Gasteiger partial charge on any atom is -0.375 e. The summed E-state index contributed by atoms with van der Waals surface area (Å²) in [6, 6.07) is 10.7. The molecule has 0 saturated carbocycles. The van der Waals surface area contributed by atoms with Crippen molar-refractivity contribution in [1.82, 2.24) is 4.90 Å². The highest BCUT2D eigenvalue weighted by atomic mass is 32.1. The van der Waals surface area contributed by atoms with E-state index >= 15 is 0 Å². The average molecular weight is 373 g/mol. The van der Waals surface area contributed by atoms with Gasteiger partial charge in [0.1, 0.15) is 5.82 Å². The predicted molar refractivity (Wildman–Crippen MR) is 101 cm³/mol. The second-order valence-electron chi connectivity index (χ2n) is 7.49. The van der Waals surface area contributed by atoms with Gasteiger partial charge in [-0.1, -0.05) is 18.2 Å².